The average Bonchev–Trinajstić information content (AvgIpc) is 3.23. The van der Waals surface area contributed by atoms with Crippen molar-refractivity contribution in [1.29, 1.82) is 0 Å². The van der Waals surface area contributed by atoms with Crippen LogP contribution in [0, 0.1) is 0 Å². The number of benzene rings is 2. The van der Waals surface area contributed by atoms with Crippen LogP contribution in [0.25, 0.3) is 22.0 Å². The zero-order valence-corrected chi connectivity index (χ0v) is 17.8. The molecule has 0 amide bonds. The fraction of sp³-hybridized carbons (Fsp3) is 0.400. The van der Waals surface area contributed by atoms with Crippen molar-refractivity contribution in [2.45, 2.75) is 45.6 Å². The number of nitrogens with one attached hydrogen (secondary N) is 1. The third kappa shape index (κ3) is 3.32. The van der Waals surface area contributed by atoms with Crippen LogP contribution < -0.4 is 24.1 Å². The van der Waals surface area contributed by atoms with Crippen LogP contribution >= 0.6 is 0 Å². The Morgan fingerprint density at radius 3 is 2.77 bits per heavy atom. The van der Waals surface area contributed by atoms with E-state index in [1.165, 1.54) is 53.3 Å². The molecule has 0 bridgehead atoms. The Labute approximate surface area is 177 Å². The van der Waals surface area contributed by atoms with Crippen LogP contribution in [0.4, 0.5) is 5.69 Å². The third-order valence-corrected chi connectivity index (χ3v) is 6.18. The lowest BCUT2D eigenvalue weighted by molar-refractivity contribution is -0.686. The normalized spacial score (nSPS) is 13.8. The number of aromatic nitrogens is 1. The van der Waals surface area contributed by atoms with E-state index in [4.69, 9.17) is 14.2 Å². The van der Waals surface area contributed by atoms with Gasteiger partial charge in [-0.15, -0.1) is 0 Å². The van der Waals surface area contributed by atoms with Crippen molar-refractivity contribution in [3.8, 4) is 28.5 Å². The lowest BCUT2D eigenvalue weighted by Gasteiger charge is -2.18. The summed E-state index contributed by atoms with van der Waals surface area (Å²) in [5, 5.41) is 6.07. The molecule has 3 heterocycles. The minimum absolute atomic E-state index is 0.309. The maximum atomic E-state index is 5.68. The summed E-state index contributed by atoms with van der Waals surface area (Å²) in [6.45, 7) is 4.46. The van der Waals surface area contributed by atoms with Crippen LogP contribution in [0.5, 0.6) is 17.2 Å². The molecule has 156 valence electrons. The van der Waals surface area contributed by atoms with Crippen molar-refractivity contribution in [3.63, 3.8) is 0 Å². The van der Waals surface area contributed by atoms with Gasteiger partial charge in [0.05, 0.1) is 23.7 Å². The molecule has 0 saturated carbocycles. The minimum Gasteiger partial charge on any atom is -0.495 e. The number of aryl methyl sites for hydroxylation is 2. The summed E-state index contributed by atoms with van der Waals surface area (Å²) in [7, 11) is 1.74. The molecule has 5 heteroatoms. The predicted octanol–water partition coefficient (Wildman–Crippen LogP) is 5.08. The standard InChI is InChI=1S/C25H28N2O3/c1-3-4-5-6-10-26-25-20-15-27-11-9-18-13-23-24(30-16-29-23)14-19(18)21(27)12-17(20)7-8-22(25)28-2/h7-8,12-15H,3-6,9-11,16H2,1-2H3/p+1. The van der Waals surface area contributed by atoms with Gasteiger partial charge in [0.1, 0.15) is 5.75 Å². The zero-order valence-electron chi connectivity index (χ0n) is 17.8. The Kier molecular flexibility index (Phi) is 5.11. The molecular formula is C25H29N2O3+. The highest BCUT2D eigenvalue weighted by Gasteiger charge is 2.28. The number of pyridine rings is 1. The van der Waals surface area contributed by atoms with Crippen molar-refractivity contribution in [2.75, 3.05) is 25.8 Å². The third-order valence-electron chi connectivity index (χ3n) is 6.18. The van der Waals surface area contributed by atoms with Crippen LogP contribution in [0.15, 0.2) is 36.5 Å². The Hall–Kier alpha value is -2.95. The number of methoxy groups -OCH3 is 1. The van der Waals surface area contributed by atoms with Gasteiger partial charge in [-0.2, -0.15) is 4.57 Å². The second-order valence-electron chi connectivity index (χ2n) is 8.10. The fourth-order valence-electron chi connectivity index (χ4n) is 4.54. The van der Waals surface area contributed by atoms with Crippen LogP contribution in [0.2, 0.25) is 0 Å². The minimum atomic E-state index is 0.309. The first-order chi connectivity index (χ1) is 14.8. The smallest absolute Gasteiger partial charge is 0.231 e. The number of unbranched alkanes of at least 4 members (excludes halogenated alkanes) is 3. The molecule has 0 unspecified atom stereocenters. The van der Waals surface area contributed by atoms with Gasteiger partial charge < -0.3 is 19.5 Å². The fourth-order valence-corrected chi connectivity index (χ4v) is 4.54. The van der Waals surface area contributed by atoms with E-state index < -0.39 is 0 Å². The van der Waals surface area contributed by atoms with Gasteiger partial charge in [0.15, 0.2) is 24.2 Å². The molecular weight excluding hydrogens is 376 g/mol. The monoisotopic (exact) mass is 405 g/mol. The molecule has 0 fully saturated rings. The summed E-state index contributed by atoms with van der Waals surface area (Å²) >= 11 is 0. The van der Waals surface area contributed by atoms with E-state index >= 15 is 0 Å². The molecule has 1 N–H and O–H groups in total. The maximum absolute atomic E-state index is 5.68. The first-order valence-corrected chi connectivity index (χ1v) is 11.0. The van der Waals surface area contributed by atoms with Crippen molar-refractivity contribution in [3.05, 3.63) is 42.1 Å². The number of nitrogens with zero attached hydrogens (tertiary/aromatic N) is 1. The Morgan fingerprint density at radius 2 is 1.93 bits per heavy atom. The first-order valence-electron chi connectivity index (χ1n) is 11.0. The summed E-state index contributed by atoms with van der Waals surface area (Å²) in [6, 6.07) is 10.8. The second kappa shape index (κ2) is 8.05. The highest BCUT2D eigenvalue weighted by atomic mass is 16.7. The van der Waals surface area contributed by atoms with Crippen molar-refractivity contribution in [1.82, 2.24) is 0 Å². The van der Waals surface area contributed by atoms with E-state index in [0.29, 0.717) is 6.79 Å². The number of hydrogen-bond donors (Lipinski definition) is 1. The molecule has 5 nitrogen and oxygen atoms in total. The van der Waals surface area contributed by atoms with Crippen LogP contribution in [-0.2, 0) is 13.0 Å². The molecule has 0 aliphatic carbocycles. The van der Waals surface area contributed by atoms with Gasteiger partial charge >= 0.3 is 0 Å². The van der Waals surface area contributed by atoms with Gasteiger partial charge in [0.25, 0.3) is 0 Å². The van der Waals surface area contributed by atoms with Gasteiger partial charge in [0.2, 0.25) is 12.5 Å². The maximum Gasteiger partial charge on any atom is 0.231 e. The van der Waals surface area contributed by atoms with Crippen molar-refractivity contribution >= 4 is 16.5 Å². The van der Waals surface area contributed by atoms with E-state index in [0.717, 1.165) is 42.4 Å². The number of hydrogen-bond acceptors (Lipinski definition) is 4. The number of fused-ring (bicyclic) bond motifs is 5. The van der Waals surface area contributed by atoms with Gasteiger partial charge in [-0.25, -0.2) is 0 Å². The summed E-state index contributed by atoms with van der Waals surface area (Å²) in [5.74, 6) is 2.60. The lowest BCUT2D eigenvalue weighted by atomic mass is 9.95. The average molecular weight is 406 g/mol. The summed E-state index contributed by atoms with van der Waals surface area (Å²) in [4.78, 5) is 0. The van der Waals surface area contributed by atoms with Crippen molar-refractivity contribution < 1.29 is 18.8 Å². The van der Waals surface area contributed by atoms with E-state index in [9.17, 15) is 0 Å². The van der Waals surface area contributed by atoms with Gasteiger partial charge in [-0.1, -0.05) is 32.3 Å². The molecule has 1 aromatic heterocycles. The van der Waals surface area contributed by atoms with Crippen LogP contribution in [-0.4, -0.2) is 20.4 Å². The second-order valence-corrected chi connectivity index (χ2v) is 8.10. The molecule has 3 aromatic rings. The van der Waals surface area contributed by atoms with E-state index in [2.05, 4.69) is 53.3 Å². The number of anilines is 1. The van der Waals surface area contributed by atoms with Gasteiger partial charge in [-0.05, 0) is 35.6 Å². The molecule has 2 aromatic carbocycles. The lowest BCUT2D eigenvalue weighted by Crippen LogP contribution is -2.40. The summed E-state index contributed by atoms with van der Waals surface area (Å²) < 4.78 is 19.2. The molecule has 0 radical (unpaired) electrons. The van der Waals surface area contributed by atoms with E-state index in [1.54, 1.807) is 7.11 Å². The SMILES string of the molecule is CCCCCCNc1c(OC)ccc2cc3[n+](cc12)CCc1cc2c(cc1-3)OCO2. The Balaban J connectivity index is 1.54. The zero-order chi connectivity index (χ0) is 20.5. The molecule has 5 rings (SSSR count). The number of ether oxygens (including phenoxy) is 3. The quantitative estimate of drug-likeness (QED) is 0.440. The number of rotatable bonds is 7. The molecule has 30 heavy (non-hydrogen) atoms. The molecule has 2 aliphatic heterocycles. The van der Waals surface area contributed by atoms with E-state index in [-0.39, 0.29) is 0 Å². The first kappa shape index (κ1) is 19.0. The summed E-state index contributed by atoms with van der Waals surface area (Å²) in [6.07, 6.45) is 8.23. The molecule has 0 saturated heterocycles. The van der Waals surface area contributed by atoms with Crippen molar-refractivity contribution in [2.24, 2.45) is 0 Å². The predicted molar refractivity (Wildman–Crippen MR) is 119 cm³/mol. The highest BCUT2D eigenvalue weighted by molar-refractivity contribution is 5.97. The highest BCUT2D eigenvalue weighted by Crippen LogP contribution is 2.41. The Morgan fingerprint density at radius 1 is 1.07 bits per heavy atom. The molecule has 0 spiro atoms. The topological polar surface area (TPSA) is 43.6 Å². The van der Waals surface area contributed by atoms with Crippen LogP contribution in [0.1, 0.15) is 38.2 Å². The van der Waals surface area contributed by atoms with Gasteiger partial charge in [-0.3, -0.25) is 0 Å². The van der Waals surface area contributed by atoms with E-state index in [1.807, 2.05) is 0 Å². The summed E-state index contributed by atoms with van der Waals surface area (Å²) in [5.41, 5.74) is 4.87. The van der Waals surface area contributed by atoms with Gasteiger partial charge in [0, 0.05) is 19.0 Å². The molecule has 2 aliphatic rings. The Bertz CT molecular complexity index is 1090. The largest absolute Gasteiger partial charge is 0.495 e. The molecule has 0 atom stereocenters. The van der Waals surface area contributed by atoms with Crippen LogP contribution in [0.3, 0.4) is 0 Å².